The molecule has 0 amide bonds. The molecule has 1 aliphatic rings. The molecule has 0 saturated carbocycles. The highest BCUT2D eigenvalue weighted by Gasteiger charge is 2.38. The maximum Gasteiger partial charge on any atom is 0.306 e. The van der Waals surface area contributed by atoms with Crippen molar-refractivity contribution in [1.82, 2.24) is 0 Å². The monoisotopic (exact) mass is 250 g/mol. The molecule has 1 aromatic rings. The fourth-order valence-electron chi connectivity index (χ4n) is 2.27. The standard InChI is InChI=1S/C14H18O4/c1-10-4-3-5-11(6-10)8-14(2)17-9-12(18-14)7-13(15)16/h3-6,12H,7-9H2,1-2H3,(H,15,16). The van der Waals surface area contributed by atoms with Crippen molar-refractivity contribution in [2.45, 2.75) is 38.6 Å². The smallest absolute Gasteiger partial charge is 0.306 e. The Kier molecular flexibility index (Phi) is 3.68. The van der Waals surface area contributed by atoms with Crippen LogP contribution in [0.1, 0.15) is 24.5 Å². The van der Waals surface area contributed by atoms with Gasteiger partial charge in [0.15, 0.2) is 5.79 Å². The number of hydrogen-bond acceptors (Lipinski definition) is 3. The third kappa shape index (κ3) is 3.31. The summed E-state index contributed by atoms with van der Waals surface area (Å²) in [6.07, 6.45) is 0.270. The first kappa shape index (κ1) is 13.1. The SMILES string of the molecule is Cc1cccc(CC2(C)OCC(CC(=O)O)O2)c1. The molecule has 0 aliphatic carbocycles. The van der Waals surface area contributed by atoms with Crippen molar-refractivity contribution < 1.29 is 19.4 Å². The summed E-state index contributed by atoms with van der Waals surface area (Å²) in [4.78, 5) is 10.6. The van der Waals surface area contributed by atoms with E-state index in [2.05, 4.69) is 6.07 Å². The van der Waals surface area contributed by atoms with E-state index in [9.17, 15) is 4.79 Å². The molecule has 1 aromatic carbocycles. The number of aliphatic carboxylic acids is 1. The Balaban J connectivity index is 1.99. The van der Waals surface area contributed by atoms with Gasteiger partial charge in [0.2, 0.25) is 0 Å². The van der Waals surface area contributed by atoms with E-state index in [0.29, 0.717) is 13.0 Å². The molecule has 1 saturated heterocycles. The Labute approximate surface area is 107 Å². The van der Waals surface area contributed by atoms with Gasteiger partial charge in [0.05, 0.1) is 19.1 Å². The molecule has 1 N–H and O–H groups in total. The highest BCUT2D eigenvalue weighted by molar-refractivity contribution is 5.67. The van der Waals surface area contributed by atoms with Gasteiger partial charge in [0.1, 0.15) is 0 Å². The van der Waals surface area contributed by atoms with Gasteiger partial charge in [0.25, 0.3) is 0 Å². The van der Waals surface area contributed by atoms with Gasteiger partial charge < -0.3 is 14.6 Å². The summed E-state index contributed by atoms with van der Waals surface area (Å²) in [5.74, 6) is -1.57. The van der Waals surface area contributed by atoms with Gasteiger partial charge >= 0.3 is 5.97 Å². The predicted molar refractivity (Wildman–Crippen MR) is 66.4 cm³/mol. The van der Waals surface area contributed by atoms with Crippen LogP contribution in [0, 0.1) is 6.92 Å². The molecule has 2 rings (SSSR count). The van der Waals surface area contributed by atoms with Crippen LogP contribution in [0.4, 0.5) is 0 Å². The van der Waals surface area contributed by atoms with Crippen molar-refractivity contribution >= 4 is 5.97 Å². The third-order valence-corrected chi connectivity index (χ3v) is 3.00. The summed E-state index contributed by atoms with van der Waals surface area (Å²) in [6, 6.07) is 8.14. The van der Waals surface area contributed by atoms with Crippen molar-refractivity contribution in [3.8, 4) is 0 Å². The average molecular weight is 250 g/mol. The van der Waals surface area contributed by atoms with Crippen LogP contribution in [0.3, 0.4) is 0 Å². The van der Waals surface area contributed by atoms with Crippen molar-refractivity contribution in [3.63, 3.8) is 0 Å². The first-order chi connectivity index (χ1) is 8.47. The summed E-state index contributed by atoms with van der Waals surface area (Å²) in [7, 11) is 0. The number of ether oxygens (including phenoxy) is 2. The lowest BCUT2D eigenvalue weighted by molar-refractivity contribution is -0.158. The molecule has 0 aromatic heterocycles. The zero-order valence-electron chi connectivity index (χ0n) is 10.7. The van der Waals surface area contributed by atoms with Crippen molar-refractivity contribution in [2.24, 2.45) is 0 Å². The molecular weight excluding hydrogens is 232 g/mol. The second-order valence-electron chi connectivity index (χ2n) is 4.95. The summed E-state index contributed by atoms with van der Waals surface area (Å²) in [6.45, 7) is 4.24. The van der Waals surface area contributed by atoms with Crippen LogP contribution in [0.25, 0.3) is 0 Å². The molecule has 4 heteroatoms. The van der Waals surface area contributed by atoms with Crippen LogP contribution in [0.2, 0.25) is 0 Å². The van der Waals surface area contributed by atoms with Gasteiger partial charge in [-0.2, -0.15) is 0 Å². The van der Waals surface area contributed by atoms with Crippen LogP contribution in [-0.2, 0) is 20.7 Å². The summed E-state index contributed by atoms with van der Waals surface area (Å²) < 4.78 is 11.3. The molecular formula is C14H18O4. The summed E-state index contributed by atoms with van der Waals surface area (Å²) in [5.41, 5.74) is 2.32. The quantitative estimate of drug-likeness (QED) is 0.889. The molecule has 0 spiro atoms. The Morgan fingerprint density at radius 2 is 2.33 bits per heavy atom. The van der Waals surface area contributed by atoms with E-state index in [1.807, 2.05) is 32.0 Å². The number of hydrogen-bond donors (Lipinski definition) is 1. The van der Waals surface area contributed by atoms with E-state index in [0.717, 1.165) is 5.56 Å². The highest BCUT2D eigenvalue weighted by Crippen LogP contribution is 2.28. The van der Waals surface area contributed by atoms with Crippen LogP contribution >= 0.6 is 0 Å². The molecule has 18 heavy (non-hydrogen) atoms. The van der Waals surface area contributed by atoms with Crippen LogP contribution < -0.4 is 0 Å². The molecule has 2 atom stereocenters. The molecule has 1 heterocycles. The van der Waals surface area contributed by atoms with Gasteiger partial charge in [-0.15, -0.1) is 0 Å². The maximum absolute atomic E-state index is 10.6. The molecule has 0 radical (unpaired) electrons. The third-order valence-electron chi connectivity index (χ3n) is 3.00. The van der Waals surface area contributed by atoms with E-state index in [-0.39, 0.29) is 12.5 Å². The van der Waals surface area contributed by atoms with Crippen molar-refractivity contribution in [1.29, 1.82) is 0 Å². The first-order valence-corrected chi connectivity index (χ1v) is 6.06. The molecule has 1 fully saturated rings. The van der Waals surface area contributed by atoms with Crippen LogP contribution in [-0.4, -0.2) is 29.6 Å². The van der Waals surface area contributed by atoms with Crippen LogP contribution in [0.5, 0.6) is 0 Å². The van der Waals surface area contributed by atoms with E-state index in [4.69, 9.17) is 14.6 Å². The molecule has 2 unspecified atom stereocenters. The van der Waals surface area contributed by atoms with Gasteiger partial charge in [0, 0.05) is 6.42 Å². The maximum atomic E-state index is 10.6. The average Bonchev–Trinajstić information content (AvgIpc) is 2.58. The number of carbonyl (C=O) groups is 1. The van der Waals surface area contributed by atoms with Gasteiger partial charge in [-0.05, 0) is 19.4 Å². The number of benzene rings is 1. The zero-order valence-corrected chi connectivity index (χ0v) is 10.7. The van der Waals surface area contributed by atoms with Crippen LogP contribution in [0.15, 0.2) is 24.3 Å². The number of rotatable bonds is 4. The minimum absolute atomic E-state index is 0.0105. The molecule has 0 bridgehead atoms. The Bertz CT molecular complexity index is 443. The van der Waals surface area contributed by atoms with E-state index >= 15 is 0 Å². The Morgan fingerprint density at radius 1 is 1.56 bits per heavy atom. The normalized spacial score (nSPS) is 27.3. The first-order valence-electron chi connectivity index (χ1n) is 6.06. The molecule has 98 valence electrons. The lowest BCUT2D eigenvalue weighted by atomic mass is 10.0. The minimum Gasteiger partial charge on any atom is -0.481 e. The van der Waals surface area contributed by atoms with Gasteiger partial charge in [-0.1, -0.05) is 29.8 Å². The van der Waals surface area contributed by atoms with E-state index in [1.54, 1.807) is 0 Å². The van der Waals surface area contributed by atoms with E-state index in [1.165, 1.54) is 5.56 Å². The van der Waals surface area contributed by atoms with Crippen molar-refractivity contribution in [3.05, 3.63) is 35.4 Å². The topological polar surface area (TPSA) is 55.8 Å². The largest absolute Gasteiger partial charge is 0.481 e. The van der Waals surface area contributed by atoms with Gasteiger partial charge in [-0.3, -0.25) is 4.79 Å². The van der Waals surface area contributed by atoms with E-state index < -0.39 is 11.8 Å². The fraction of sp³-hybridized carbons (Fsp3) is 0.500. The Hall–Kier alpha value is -1.39. The summed E-state index contributed by atoms with van der Waals surface area (Å²) in [5, 5.41) is 8.73. The lowest BCUT2D eigenvalue weighted by Gasteiger charge is -2.23. The number of aryl methyl sites for hydroxylation is 1. The molecule has 1 aliphatic heterocycles. The number of carboxylic acids is 1. The second kappa shape index (κ2) is 5.08. The predicted octanol–water partition coefficient (Wildman–Crippen LogP) is 2.14. The van der Waals surface area contributed by atoms with Crippen molar-refractivity contribution in [2.75, 3.05) is 6.61 Å². The number of carboxylic acid groups (broad SMARTS) is 1. The molecule has 4 nitrogen and oxygen atoms in total. The Morgan fingerprint density at radius 3 is 3.00 bits per heavy atom. The van der Waals surface area contributed by atoms with Gasteiger partial charge in [-0.25, -0.2) is 0 Å². The summed E-state index contributed by atoms with van der Waals surface area (Å²) >= 11 is 0. The highest BCUT2D eigenvalue weighted by atomic mass is 16.7. The second-order valence-corrected chi connectivity index (χ2v) is 4.95. The minimum atomic E-state index is -0.858. The fourth-order valence-corrected chi connectivity index (χ4v) is 2.27. The lowest BCUT2D eigenvalue weighted by Crippen LogP contribution is -2.30. The zero-order chi connectivity index (χ0) is 13.2.